The summed E-state index contributed by atoms with van der Waals surface area (Å²) < 4.78 is 6.81. The number of carbonyl (C=O) groups is 2. The number of rotatable bonds is 11. The highest BCUT2D eigenvalue weighted by Crippen LogP contribution is 2.21. The van der Waals surface area contributed by atoms with Crippen molar-refractivity contribution in [2.75, 3.05) is 7.11 Å². The maximum atomic E-state index is 12.0. The second-order valence-electron chi connectivity index (χ2n) is 7.50. The summed E-state index contributed by atoms with van der Waals surface area (Å²) in [4.78, 5) is 23.1. The van der Waals surface area contributed by atoms with Crippen LogP contribution in [0, 0.1) is 0 Å². The molecule has 1 aromatic heterocycles. The molecular formula is C25H29N3O3. The van der Waals surface area contributed by atoms with Gasteiger partial charge in [-0.1, -0.05) is 61.4 Å². The Morgan fingerprint density at radius 2 is 1.68 bits per heavy atom. The van der Waals surface area contributed by atoms with Crippen molar-refractivity contribution in [2.45, 2.75) is 45.1 Å². The van der Waals surface area contributed by atoms with Crippen LogP contribution in [0.4, 0.5) is 0 Å². The molecule has 0 spiro atoms. The topological polar surface area (TPSA) is 72.7 Å². The predicted molar refractivity (Wildman–Crippen MR) is 123 cm³/mol. The van der Waals surface area contributed by atoms with E-state index in [0.29, 0.717) is 12.8 Å². The molecule has 3 rings (SSSR count). The van der Waals surface area contributed by atoms with Crippen molar-refractivity contribution < 1.29 is 14.3 Å². The van der Waals surface area contributed by atoms with E-state index in [4.69, 9.17) is 0 Å². The standard InChI is InChI=1S/C25H29N3O3/c1-31-25(30)16-8-3-2-7-15-24(29)27-26-17-21-19-28(18-20-11-5-4-6-12-20)23-14-10-9-13-22(21)23/h4-6,9-14,17,19H,2-3,7-8,15-16,18H2,1H3,(H,27,29)/b26-17+. The van der Waals surface area contributed by atoms with Gasteiger partial charge < -0.3 is 9.30 Å². The number of methoxy groups -OCH3 is 1. The van der Waals surface area contributed by atoms with Crippen LogP contribution in [0.3, 0.4) is 0 Å². The summed E-state index contributed by atoms with van der Waals surface area (Å²) in [6.07, 6.45) is 8.01. The molecule has 2 aromatic carbocycles. The van der Waals surface area contributed by atoms with Crippen LogP contribution in [-0.4, -0.2) is 29.8 Å². The molecule has 0 aliphatic carbocycles. The number of benzene rings is 2. The van der Waals surface area contributed by atoms with Gasteiger partial charge in [-0.25, -0.2) is 5.43 Å². The monoisotopic (exact) mass is 419 g/mol. The van der Waals surface area contributed by atoms with E-state index >= 15 is 0 Å². The van der Waals surface area contributed by atoms with Gasteiger partial charge in [0.2, 0.25) is 5.91 Å². The molecule has 31 heavy (non-hydrogen) atoms. The Bertz CT molecular complexity index is 1020. The zero-order valence-corrected chi connectivity index (χ0v) is 17.9. The average molecular weight is 420 g/mol. The molecule has 0 saturated heterocycles. The van der Waals surface area contributed by atoms with E-state index in [9.17, 15) is 9.59 Å². The first-order valence-electron chi connectivity index (χ1n) is 10.7. The number of amides is 1. The van der Waals surface area contributed by atoms with Crippen molar-refractivity contribution >= 4 is 29.0 Å². The zero-order valence-electron chi connectivity index (χ0n) is 17.9. The van der Waals surface area contributed by atoms with E-state index in [-0.39, 0.29) is 11.9 Å². The second kappa shape index (κ2) is 11.7. The molecule has 0 unspecified atom stereocenters. The lowest BCUT2D eigenvalue weighted by Crippen LogP contribution is -2.16. The lowest BCUT2D eigenvalue weighted by atomic mass is 10.1. The fourth-order valence-corrected chi connectivity index (χ4v) is 3.53. The number of nitrogens with one attached hydrogen (secondary N) is 1. The molecule has 0 radical (unpaired) electrons. The van der Waals surface area contributed by atoms with Crippen LogP contribution < -0.4 is 5.43 Å². The molecule has 0 aliphatic rings. The van der Waals surface area contributed by atoms with Gasteiger partial charge in [-0.05, 0) is 24.5 Å². The Balaban J connectivity index is 1.51. The summed E-state index contributed by atoms with van der Waals surface area (Å²) in [6.45, 7) is 0.775. The predicted octanol–water partition coefficient (Wildman–Crippen LogP) is 4.65. The normalized spacial score (nSPS) is 11.1. The van der Waals surface area contributed by atoms with Gasteiger partial charge in [0.25, 0.3) is 0 Å². The highest BCUT2D eigenvalue weighted by molar-refractivity contribution is 5.99. The number of para-hydroxylation sites is 1. The van der Waals surface area contributed by atoms with Crippen molar-refractivity contribution in [1.82, 2.24) is 9.99 Å². The van der Waals surface area contributed by atoms with E-state index in [1.54, 1.807) is 6.21 Å². The Kier molecular flexibility index (Phi) is 8.40. The fourth-order valence-electron chi connectivity index (χ4n) is 3.53. The van der Waals surface area contributed by atoms with Gasteiger partial charge in [-0.3, -0.25) is 9.59 Å². The summed E-state index contributed by atoms with van der Waals surface area (Å²) in [7, 11) is 1.40. The van der Waals surface area contributed by atoms with Gasteiger partial charge in [0.05, 0.1) is 13.3 Å². The van der Waals surface area contributed by atoms with E-state index in [2.05, 4.69) is 50.3 Å². The first-order chi connectivity index (χ1) is 15.2. The molecule has 6 nitrogen and oxygen atoms in total. The van der Waals surface area contributed by atoms with Crippen LogP contribution in [0.15, 0.2) is 65.9 Å². The SMILES string of the molecule is COC(=O)CCCCCCC(=O)N/N=C/c1cn(Cc2ccccc2)c2ccccc12. The third kappa shape index (κ3) is 6.81. The second-order valence-corrected chi connectivity index (χ2v) is 7.50. The summed E-state index contributed by atoms with van der Waals surface area (Å²) in [5.41, 5.74) is 5.95. The highest BCUT2D eigenvalue weighted by Gasteiger charge is 2.07. The minimum absolute atomic E-state index is 0.0998. The number of esters is 1. The molecule has 1 N–H and O–H groups in total. The van der Waals surface area contributed by atoms with Crippen LogP contribution in [0.1, 0.15) is 49.7 Å². The maximum absolute atomic E-state index is 12.0. The molecule has 1 amide bonds. The third-order valence-electron chi connectivity index (χ3n) is 5.17. The van der Waals surface area contributed by atoms with Gasteiger partial charge in [0, 0.05) is 42.0 Å². The van der Waals surface area contributed by atoms with Gasteiger partial charge >= 0.3 is 5.97 Å². The Labute approximate surface area is 182 Å². The summed E-state index contributed by atoms with van der Waals surface area (Å²) in [5.74, 6) is -0.283. The van der Waals surface area contributed by atoms with E-state index in [1.807, 2.05) is 30.3 Å². The van der Waals surface area contributed by atoms with E-state index < -0.39 is 0 Å². The maximum Gasteiger partial charge on any atom is 0.305 e. The number of hydrazone groups is 1. The lowest BCUT2D eigenvalue weighted by Gasteiger charge is -2.05. The van der Waals surface area contributed by atoms with Crippen LogP contribution in [0.5, 0.6) is 0 Å². The fraction of sp³-hybridized carbons (Fsp3) is 0.320. The molecule has 0 bridgehead atoms. The number of carbonyl (C=O) groups excluding carboxylic acids is 2. The molecule has 0 saturated carbocycles. The summed E-state index contributed by atoms with van der Waals surface area (Å²) >= 11 is 0. The molecule has 0 aliphatic heterocycles. The van der Waals surface area contributed by atoms with E-state index in [0.717, 1.165) is 48.7 Å². The third-order valence-corrected chi connectivity index (χ3v) is 5.17. The summed E-state index contributed by atoms with van der Waals surface area (Å²) in [5, 5.41) is 5.26. The van der Waals surface area contributed by atoms with Crippen molar-refractivity contribution in [3.8, 4) is 0 Å². The Morgan fingerprint density at radius 3 is 2.45 bits per heavy atom. The van der Waals surface area contributed by atoms with Crippen molar-refractivity contribution in [3.05, 3.63) is 71.9 Å². The average Bonchev–Trinajstić information content (AvgIpc) is 3.14. The minimum Gasteiger partial charge on any atom is -0.469 e. The Hall–Kier alpha value is -3.41. The number of ether oxygens (including phenoxy) is 1. The first kappa shape index (κ1) is 22.3. The van der Waals surface area contributed by atoms with Crippen molar-refractivity contribution in [3.63, 3.8) is 0 Å². The molecule has 0 atom stereocenters. The Morgan fingerprint density at radius 1 is 0.968 bits per heavy atom. The van der Waals surface area contributed by atoms with Gasteiger partial charge in [-0.2, -0.15) is 5.10 Å². The first-order valence-corrected chi connectivity index (χ1v) is 10.7. The zero-order chi connectivity index (χ0) is 21.9. The number of aromatic nitrogens is 1. The molecule has 3 aromatic rings. The molecular weight excluding hydrogens is 390 g/mol. The molecule has 1 heterocycles. The number of hydrogen-bond donors (Lipinski definition) is 1. The van der Waals surface area contributed by atoms with Crippen LogP contribution in [0.25, 0.3) is 10.9 Å². The molecule has 0 fully saturated rings. The highest BCUT2D eigenvalue weighted by atomic mass is 16.5. The number of fused-ring (bicyclic) bond motifs is 1. The molecule has 6 heteroatoms. The summed E-state index contributed by atoms with van der Waals surface area (Å²) in [6, 6.07) is 18.5. The number of hydrogen-bond acceptors (Lipinski definition) is 4. The van der Waals surface area contributed by atoms with Crippen LogP contribution in [0.2, 0.25) is 0 Å². The van der Waals surface area contributed by atoms with Gasteiger partial charge in [0.15, 0.2) is 0 Å². The lowest BCUT2D eigenvalue weighted by molar-refractivity contribution is -0.140. The van der Waals surface area contributed by atoms with Crippen LogP contribution >= 0.6 is 0 Å². The van der Waals surface area contributed by atoms with E-state index in [1.165, 1.54) is 12.7 Å². The minimum atomic E-state index is -0.183. The number of nitrogens with zero attached hydrogens (tertiary/aromatic N) is 2. The van der Waals surface area contributed by atoms with Crippen LogP contribution in [-0.2, 0) is 20.9 Å². The van der Waals surface area contributed by atoms with Crippen molar-refractivity contribution in [2.24, 2.45) is 5.10 Å². The van der Waals surface area contributed by atoms with Crippen molar-refractivity contribution in [1.29, 1.82) is 0 Å². The quantitative estimate of drug-likeness (QED) is 0.213. The molecule has 162 valence electrons. The van der Waals surface area contributed by atoms with Gasteiger partial charge in [-0.15, -0.1) is 0 Å². The van der Waals surface area contributed by atoms with Gasteiger partial charge in [0.1, 0.15) is 0 Å². The largest absolute Gasteiger partial charge is 0.469 e. The smallest absolute Gasteiger partial charge is 0.305 e. The number of unbranched alkanes of at least 4 members (excludes halogenated alkanes) is 3.